The molecule has 0 saturated heterocycles. The first-order valence-electron chi connectivity index (χ1n) is 6.52. The fraction of sp³-hybridized carbons (Fsp3) is 0.214. The Labute approximate surface area is 129 Å². The van der Waals surface area contributed by atoms with Crippen LogP contribution in [0.3, 0.4) is 0 Å². The summed E-state index contributed by atoms with van der Waals surface area (Å²) >= 11 is 3.40. The van der Waals surface area contributed by atoms with E-state index in [0.29, 0.717) is 24.1 Å². The highest BCUT2D eigenvalue weighted by atomic mass is 79.9. The van der Waals surface area contributed by atoms with Crippen molar-refractivity contribution in [2.24, 2.45) is 7.05 Å². The molecule has 0 amide bonds. The second-order valence-electron chi connectivity index (χ2n) is 4.68. The van der Waals surface area contributed by atoms with Gasteiger partial charge in [-0.25, -0.2) is 4.98 Å². The van der Waals surface area contributed by atoms with Gasteiger partial charge in [-0.1, -0.05) is 15.9 Å². The summed E-state index contributed by atoms with van der Waals surface area (Å²) < 4.78 is 4.23. The quantitative estimate of drug-likeness (QED) is 0.783. The number of nitrogens with one attached hydrogen (secondary N) is 1. The van der Waals surface area contributed by atoms with Crippen LogP contribution in [-0.4, -0.2) is 25.9 Å². The molecular formula is C14H14BrN5O. The fourth-order valence-corrected chi connectivity index (χ4v) is 2.38. The van der Waals surface area contributed by atoms with E-state index >= 15 is 0 Å². The van der Waals surface area contributed by atoms with Crippen LogP contribution >= 0.6 is 15.9 Å². The van der Waals surface area contributed by atoms with E-state index in [2.05, 4.69) is 31.3 Å². The van der Waals surface area contributed by atoms with Crippen LogP contribution in [0.5, 0.6) is 0 Å². The van der Waals surface area contributed by atoms with E-state index in [1.807, 2.05) is 24.3 Å². The number of hydrogen-bond acceptors (Lipinski definition) is 4. The molecule has 0 saturated carbocycles. The molecule has 1 aromatic carbocycles. The molecular weight excluding hydrogens is 334 g/mol. The second-order valence-corrected chi connectivity index (χ2v) is 5.60. The molecule has 2 heterocycles. The van der Waals surface area contributed by atoms with Crippen LogP contribution in [-0.2, 0) is 13.6 Å². The number of halogens is 1. The van der Waals surface area contributed by atoms with Crippen molar-refractivity contribution in [1.29, 1.82) is 0 Å². The van der Waals surface area contributed by atoms with Gasteiger partial charge in [0.05, 0.1) is 6.20 Å². The monoisotopic (exact) mass is 347 g/mol. The zero-order valence-electron chi connectivity index (χ0n) is 11.5. The Morgan fingerprint density at radius 1 is 1.29 bits per heavy atom. The predicted octanol–water partition coefficient (Wildman–Crippen LogP) is 2.00. The van der Waals surface area contributed by atoms with Crippen molar-refractivity contribution in [1.82, 2.24) is 19.3 Å². The molecule has 0 bridgehead atoms. The second kappa shape index (κ2) is 5.69. The van der Waals surface area contributed by atoms with Crippen molar-refractivity contribution in [2.75, 3.05) is 11.9 Å². The summed E-state index contributed by atoms with van der Waals surface area (Å²) in [6, 6.07) is 7.90. The molecule has 0 radical (unpaired) electrons. The molecule has 0 fully saturated rings. The molecule has 0 atom stereocenters. The molecule has 3 aromatic rings. The maximum absolute atomic E-state index is 12.3. The molecule has 2 aromatic heterocycles. The summed E-state index contributed by atoms with van der Waals surface area (Å²) in [7, 11) is 1.77. The Balaban J connectivity index is 1.72. The van der Waals surface area contributed by atoms with Crippen LogP contribution in [0.1, 0.15) is 0 Å². The van der Waals surface area contributed by atoms with Crippen LogP contribution in [0.25, 0.3) is 11.0 Å². The van der Waals surface area contributed by atoms with Crippen LogP contribution < -0.4 is 10.9 Å². The number of benzene rings is 1. The lowest BCUT2D eigenvalue weighted by Gasteiger charge is -2.08. The molecule has 108 valence electrons. The van der Waals surface area contributed by atoms with Crippen LogP contribution in [0.15, 0.2) is 46.1 Å². The first kappa shape index (κ1) is 13.8. The van der Waals surface area contributed by atoms with Gasteiger partial charge in [0.1, 0.15) is 11.7 Å². The lowest BCUT2D eigenvalue weighted by atomic mass is 10.3. The van der Waals surface area contributed by atoms with E-state index in [1.54, 1.807) is 28.8 Å². The van der Waals surface area contributed by atoms with E-state index in [-0.39, 0.29) is 5.56 Å². The van der Waals surface area contributed by atoms with Crippen LogP contribution in [0.2, 0.25) is 0 Å². The maximum atomic E-state index is 12.3. The Bertz CT molecular complexity index is 821. The van der Waals surface area contributed by atoms with Crippen molar-refractivity contribution in [3.8, 4) is 0 Å². The standard InChI is InChI=1S/C14H14BrN5O/c1-19-13-12(8-18-19)14(21)20(9-17-13)7-6-16-11-4-2-10(15)3-5-11/h2-5,8-9,16H,6-7H2,1H3. The molecule has 21 heavy (non-hydrogen) atoms. The largest absolute Gasteiger partial charge is 0.383 e. The van der Waals surface area contributed by atoms with Gasteiger partial charge >= 0.3 is 0 Å². The zero-order valence-corrected chi connectivity index (χ0v) is 13.0. The van der Waals surface area contributed by atoms with Gasteiger partial charge in [-0.3, -0.25) is 14.0 Å². The van der Waals surface area contributed by atoms with Gasteiger partial charge in [-0.2, -0.15) is 5.10 Å². The summed E-state index contributed by atoms with van der Waals surface area (Å²) in [6.45, 7) is 1.20. The van der Waals surface area contributed by atoms with Gasteiger partial charge < -0.3 is 5.32 Å². The minimum Gasteiger partial charge on any atom is -0.383 e. The first-order chi connectivity index (χ1) is 10.1. The third-order valence-corrected chi connectivity index (χ3v) is 3.77. The normalized spacial score (nSPS) is 11.0. The van der Waals surface area contributed by atoms with E-state index in [4.69, 9.17) is 0 Å². The number of rotatable bonds is 4. The number of anilines is 1. The minimum atomic E-state index is -0.0642. The van der Waals surface area contributed by atoms with E-state index in [1.165, 1.54) is 0 Å². The topological polar surface area (TPSA) is 64.7 Å². The Hall–Kier alpha value is -2.15. The van der Waals surface area contributed by atoms with Gasteiger partial charge in [0.25, 0.3) is 5.56 Å². The first-order valence-corrected chi connectivity index (χ1v) is 7.31. The zero-order chi connectivity index (χ0) is 14.8. The average Bonchev–Trinajstić information content (AvgIpc) is 2.86. The maximum Gasteiger partial charge on any atom is 0.264 e. The summed E-state index contributed by atoms with van der Waals surface area (Å²) in [5, 5.41) is 7.87. The highest BCUT2D eigenvalue weighted by molar-refractivity contribution is 9.10. The van der Waals surface area contributed by atoms with Crippen molar-refractivity contribution in [3.05, 3.63) is 51.6 Å². The van der Waals surface area contributed by atoms with Gasteiger partial charge in [0.2, 0.25) is 0 Å². The van der Waals surface area contributed by atoms with Crippen molar-refractivity contribution in [2.45, 2.75) is 6.54 Å². The Morgan fingerprint density at radius 3 is 2.81 bits per heavy atom. The summed E-state index contributed by atoms with van der Waals surface area (Å²) in [5.74, 6) is 0. The highest BCUT2D eigenvalue weighted by Gasteiger charge is 2.07. The van der Waals surface area contributed by atoms with Gasteiger partial charge in [0, 0.05) is 30.3 Å². The molecule has 0 aliphatic heterocycles. The molecule has 6 nitrogen and oxygen atoms in total. The fourth-order valence-electron chi connectivity index (χ4n) is 2.11. The van der Waals surface area contributed by atoms with Gasteiger partial charge in [-0.05, 0) is 24.3 Å². The molecule has 7 heteroatoms. The van der Waals surface area contributed by atoms with E-state index < -0.39 is 0 Å². The van der Waals surface area contributed by atoms with Crippen molar-refractivity contribution >= 4 is 32.7 Å². The minimum absolute atomic E-state index is 0.0642. The molecule has 0 aliphatic rings. The summed E-state index contributed by atoms with van der Waals surface area (Å²) in [5.41, 5.74) is 1.56. The Kier molecular flexibility index (Phi) is 3.74. The number of aryl methyl sites for hydroxylation is 1. The number of fused-ring (bicyclic) bond motifs is 1. The lowest BCUT2D eigenvalue weighted by Crippen LogP contribution is -2.24. The van der Waals surface area contributed by atoms with Crippen molar-refractivity contribution in [3.63, 3.8) is 0 Å². The van der Waals surface area contributed by atoms with E-state index in [0.717, 1.165) is 10.2 Å². The Morgan fingerprint density at radius 2 is 2.05 bits per heavy atom. The van der Waals surface area contributed by atoms with E-state index in [9.17, 15) is 4.79 Å². The van der Waals surface area contributed by atoms with Crippen molar-refractivity contribution < 1.29 is 0 Å². The molecule has 3 rings (SSSR count). The third kappa shape index (κ3) is 2.82. The number of aromatic nitrogens is 4. The predicted molar refractivity (Wildman–Crippen MR) is 85.4 cm³/mol. The molecule has 0 aliphatic carbocycles. The molecule has 0 unspecified atom stereocenters. The number of hydrogen-bond donors (Lipinski definition) is 1. The van der Waals surface area contributed by atoms with Gasteiger partial charge in [0.15, 0.2) is 5.65 Å². The molecule has 1 N–H and O–H groups in total. The third-order valence-electron chi connectivity index (χ3n) is 3.24. The highest BCUT2D eigenvalue weighted by Crippen LogP contribution is 2.13. The lowest BCUT2D eigenvalue weighted by molar-refractivity contribution is 0.686. The van der Waals surface area contributed by atoms with Gasteiger partial charge in [-0.15, -0.1) is 0 Å². The smallest absolute Gasteiger partial charge is 0.264 e. The average molecular weight is 348 g/mol. The van der Waals surface area contributed by atoms with Crippen LogP contribution in [0.4, 0.5) is 5.69 Å². The summed E-state index contributed by atoms with van der Waals surface area (Å²) in [4.78, 5) is 16.5. The number of nitrogens with zero attached hydrogens (tertiary/aromatic N) is 4. The SMILES string of the molecule is Cn1ncc2c(=O)n(CCNc3ccc(Br)cc3)cnc21. The summed E-state index contributed by atoms with van der Waals surface area (Å²) in [6.07, 6.45) is 3.12. The van der Waals surface area contributed by atoms with Crippen LogP contribution in [0, 0.1) is 0 Å². The molecule has 0 spiro atoms.